The third kappa shape index (κ3) is 6.86. The maximum Gasteiger partial charge on any atom is 0.236 e. The van der Waals surface area contributed by atoms with Gasteiger partial charge in [0.05, 0.1) is 13.1 Å². The van der Waals surface area contributed by atoms with Crippen LogP contribution in [0.2, 0.25) is 0 Å². The summed E-state index contributed by atoms with van der Waals surface area (Å²) in [5.74, 6) is 0.766. The first-order valence-electron chi connectivity index (χ1n) is 9.26. The molecule has 25 heavy (non-hydrogen) atoms. The number of piperidine rings is 1. The number of primary amides is 1. The molecule has 138 valence electrons. The van der Waals surface area contributed by atoms with Crippen LogP contribution < -0.4 is 5.73 Å². The summed E-state index contributed by atoms with van der Waals surface area (Å²) in [5.41, 5.74) is 6.68. The maximum atomic E-state index is 12.6. The molecule has 1 aromatic carbocycles. The van der Waals surface area contributed by atoms with Gasteiger partial charge in [0.1, 0.15) is 0 Å². The first kappa shape index (κ1) is 19.4. The molecule has 0 unspecified atom stereocenters. The number of carbonyl (C=O) groups excluding carboxylic acids is 2. The Hall–Kier alpha value is -1.88. The van der Waals surface area contributed by atoms with Gasteiger partial charge in [-0.3, -0.25) is 14.5 Å². The highest BCUT2D eigenvalue weighted by molar-refractivity contribution is 5.80. The molecule has 0 atom stereocenters. The van der Waals surface area contributed by atoms with Gasteiger partial charge in [0.15, 0.2) is 0 Å². The highest BCUT2D eigenvalue weighted by atomic mass is 16.2. The van der Waals surface area contributed by atoms with Crippen LogP contribution in [-0.4, -0.2) is 54.3 Å². The topological polar surface area (TPSA) is 66.6 Å². The second-order valence-corrected chi connectivity index (χ2v) is 7.54. The summed E-state index contributed by atoms with van der Waals surface area (Å²) in [5, 5.41) is 0. The number of rotatable bonds is 8. The smallest absolute Gasteiger partial charge is 0.236 e. The Morgan fingerprint density at radius 3 is 2.36 bits per heavy atom. The van der Waals surface area contributed by atoms with Crippen molar-refractivity contribution in [2.45, 2.75) is 33.1 Å². The van der Waals surface area contributed by atoms with E-state index < -0.39 is 0 Å². The van der Waals surface area contributed by atoms with Crippen molar-refractivity contribution in [3.05, 3.63) is 35.9 Å². The monoisotopic (exact) mass is 345 g/mol. The van der Waals surface area contributed by atoms with Crippen LogP contribution in [-0.2, 0) is 16.0 Å². The van der Waals surface area contributed by atoms with Gasteiger partial charge in [-0.1, -0.05) is 44.2 Å². The van der Waals surface area contributed by atoms with Crippen molar-refractivity contribution in [3.8, 4) is 0 Å². The zero-order valence-electron chi connectivity index (χ0n) is 15.5. The molecule has 0 bridgehead atoms. The van der Waals surface area contributed by atoms with Gasteiger partial charge in [0.25, 0.3) is 0 Å². The molecular formula is C20H31N3O2. The molecule has 0 saturated carbocycles. The molecule has 1 saturated heterocycles. The molecule has 1 heterocycles. The number of benzene rings is 1. The molecule has 2 amide bonds. The van der Waals surface area contributed by atoms with E-state index in [2.05, 4.69) is 38.1 Å². The molecule has 1 aromatic rings. The lowest BCUT2D eigenvalue weighted by Crippen LogP contribution is -2.47. The molecule has 0 aliphatic carbocycles. The molecule has 1 aliphatic rings. The van der Waals surface area contributed by atoms with Crippen molar-refractivity contribution in [2.24, 2.45) is 17.6 Å². The summed E-state index contributed by atoms with van der Waals surface area (Å²) in [7, 11) is 0. The van der Waals surface area contributed by atoms with Crippen molar-refractivity contribution < 1.29 is 9.59 Å². The van der Waals surface area contributed by atoms with Gasteiger partial charge in [-0.05, 0) is 36.7 Å². The Bertz CT molecular complexity index is 551. The standard InChI is InChI=1S/C20H31N3O2/c1-16(2)13-22(14-19(21)24)15-20(25)23-10-8-18(9-11-23)12-17-6-4-3-5-7-17/h3-7,16,18H,8-15H2,1-2H3,(H2,21,24). The van der Waals surface area contributed by atoms with Gasteiger partial charge >= 0.3 is 0 Å². The SMILES string of the molecule is CC(C)CN(CC(N)=O)CC(=O)N1CCC(Cc2ccccc2)CC1. The average molecular weight is 345 g/mol. The van der Waals surface area contributed by atoms with Crippen LogP contribution in [0.25, 0.3) is 0 Å². The van der Waals surface area contributed by atoms with Crippen molar-refractivity contribution in [1.29, 1.82) is 0 Å². The normalized spacial score (nSPS) is 15.8. The number of nitrogens with zero attached hydrogens (tertiary/aromatic N) is 2. The van der Waals surface area contributed by atoms with E-state index in [1.54, 1.807) is 0 Å². The van der Waals surface area contributed by atoms with Crippen LogP contribution in [0.5, 0.6) is 0 Å². The summed E-state index contributed by atoms with van der Waals surface area (Å²) in [4.78, 5) is 27.6. The highest BCUT2D eigenvalue weighted by Crippen LogP contribution is 2.21. The Balaban J connectivity index is 1.80. The predicted octanol–water partition coefficient (Wildman–Crippen LogP) is 1.91. The van der Waals surface area contributed by atoms with Crippen LogP contribution in [0.1, 0.15) is 32.3 Å². The van der Waals surface area contributed by atoms with Crippen molar-refractivity contribution in [1.82, 2.24) is 9.80 Å². The van der Waals surface area contributed by atoms with E-state index in [1.807, 2.05) is 15.9 Å². The highest BCUT2D eigenvalue weighted by Gasteiger charge is 2.24. The molecule has 2 rings (SSSR count). The quantitative estimate of drug-likeness (QED) is 0.783. The van der Waals surface area contributed by atoms with Gasteiger partial charge in [-0.15, -0.1) is 0 Å². The molecule has 1 aliphatic heterocycles. The minimum atomic E-state index is -0.380. The minimum absolute atomic E-state index is 0.111. The lowest BCUT2D eigenvalue weighted by atomic mass is 9.90. The van der Waals surface area contributed by atoms with E-state index in [0.29, 0.717) is 18.4 Å². The van der Waals surface area contributed by atoms with Gasteiger partial charge in [-0.2, -0.15) is 0 Å². The number of carbonyl (C=O) groups is 2. The van der Waals surface area contributed by atoms with E-state index in [1.165, 1.54) is 5.56 Å². The lowest BCUT2D eigenvalue weighted by Gasteiger charge is -2.34. The number of nitrogens with two attached hydrogens (primary N) is 1. The zero-order chi connectivity index (χ0) is 18.2. The number of hydrogen-bond donors (Lipinski definition) is 1. The minimum Gasteiger partial charge on any atom is -0.369 e. The van der Waals surface area contributed by atoms with Crippen molar-refractivity contribution in [2.75, 3.05) is 32.7 Å². The molecule has 5 heteroatoms. The number of amides is 2. The molecule has 2 N–H and O–H groups in total. The molecule has 0 spiro atoms. The van der Waals surface area contributed by atoms with Gasteiger partial charge in [0, 0.05) is 19.6 Å². The maximum absolute atomic E-state index is 12.6. The third-order valence-corrected chi connectivity index (χ3v) is 4.70. The molecule has 5 nitrogen and oxygen atoms in total. The molecule has 1 fully saturated rings. The summed E-state index contributed by atoms with van der Waals surface area (Å²) in [6.07, 6.45) is 3.17. The Kier molecular flexibility index (Phi) is 7.44. The van der Waals surface area contributed by atoms with Crippen LogP contribution in [0.3, 0.4) is 0 Å². The predicted molar refractivity (Wildman–Crippen MR) is 99.9 cm³/mol. The van der Waals surface area contributed by atoms with Crippen molar-refractivity contribution >= 4 is 11.8 Å². The molecule has 0 radical (unpaired) electrons. The summed E-state index contributed by atoms with van der Waals surface area (Å²) < 4.78 is 0. The van der Waals surface area contributed by atoms with E-state index in [4.69, 9.17) is 5.73 Å². The van der Waals surface area contributed by atoms with Crippen LogP contribution in [0, 0.1) is 11.8 Å². The fourth-order valence-corrected chi connectivity index (χ4v) is 3.55. The van der Waals surface area contributed by atoms with Crippen LogP contribution >= 0.6 is 0 Å². The van der Waals surface area contributed by atoms with E-state index >= 15 is 0 Å². The fourth-order valence-electron chi connectivity index (χ4n) is 3.55. The summed E-state index contributed by atoms with van der Waals surface area (Å²) >= 11 is 0. The summed E-state index contributed by atoms with van der Waals surface area (Å²) in [6, 6.07) is 10.5. The largest absolute Gasteiger partial charge is 0.369 e. The van der Waals surface area contributed by atoms with E-state index in [-0.39, 0.29) is 24.9 Å². The lowest BCUT2D eigenvalue weighted by molar-refractivity contribution is -0.134. The Morgan fingerprint density at radius 1 is 1.16 bits per heavy atom. The van der Waals surface area contributed by atoms with E-state index in [0.717, 1.165) is 32.4 Å². The molecule has 0 aromatic heterocycles. The van der Waals surface area contributed by atoms with Gasteiger partial charge in [0.2, 0.25) is 11.8 Å². The third-order valence-electron chi connectivity index (χ3n) is 4.70. The van der Waals surface area contributed by atoms with E-state index in [9.17, 15) is 9.59 Å². The first-order chi connectivity index (χ1) is 11.9. The number of hydrogen-bond acceptors (Lipinski definition) is 3. The van der Waals surface area contributed by atoms with Crippen LogP contribution in [0.15, 0.2) is 30.3 Å². The van der Waals surface area contributed by atoms with Gasteiger partial charge in [-0.25, -0.2) is 0 Å². The number of likely N-dealkylation sites (tertiary alicyclic amines) is 1. The molecular weight excluding hydrogens is 314 g/mol. The fraction of sp³-hybridized carbons (Fsp3) is 0.600. The Morgan fingerprint density at radius 2 is 1.80 bits per heavy atom. The zero-order valence-corrected chi connectivity index (χ0v) is 15.5. The first-order valence-corrected chi connectivity index (χ1v) is 9.26. The van der Waals surface area contributed by atoms with Gasteiger partial charge < -0.3 is 10.6 Å². The summed E-state index contributed by atoms with van der Waals surface area (Å²) in [6.45, 7) is 6.91. The second kappa shape index (κ2) is 9.56. The average Bonchev–Trinajstić information content (AvgIpc) is 2.55. The van der Waals surface area contributed by atoms with Crippen molar-refractivity contribution in [3.63, 3.8) is 0 Å². The Labute approximate surface area is 151 Å². The van der Waals surface area contributed by atoms with Crippen LogP contribution in [0.4, 0.5) is 0 Å². The second-order valence-electron chi connectivity index (χ2n) is 7.54.